The van der Waals surface area contributed by atoms with Crippen molar-refractivity contribution in [2.45, 2.75) is 26.4 Å². The van der Waals surface area contributed by atoms with Gasteiger partial charge in [0.2, 0.25) is 0 Å². The van der Waals surface area contributed by atoms with Crippen LogP contribution in [-0.4, -0.2) is 34.4 Å². The van der Waals surface area contributed by atoms with Gasteiger partial charge in [-0.1, -0.05) is 41.9 Å². The molecule has 0 radical (unpaired) electrons. The normalized spacial score (nSPS) is 11.4. The second-order valence-electron chi connectivity index (χ2n) is 6.86. The summed E-state index contributed by atoms with van der Waals surface area (Å²) in [6.45, 7) is 3.66. The summed E-state index contributed by atoms with van der Waals surface area (Å²) in [6.07, 6.45) is 0.861. The van der Waals surface area contributed by atoms with E-state index in [9.17, 15) is 0 Å². The molecular weight excluding hydrogens is 400 g/mol. The first kappa shape index (κ1) is 21.6. The largest absolute Gasteiger partial charge is 0.497 e. The zero-order valence-electron chi connectivity index (χ0n) is 17.5. The summed E-state index contributed by atoms with van der Waals surface area (Å²) in [4.78, 5) is 4.70. The van der Waals surface area contributed by atoms with Gasteiger partial charge in [-0.15, -0.1) is 10.2 Å². The molecule has 2 aromatic carbocycles. The van der Waals surface area contributed by atoms with E-state index in [4.69, 9.17) is 21.3 Å². The van der Waals surface area contributed by atoms with Crippen molar-refractivity contribution in [1.82, 2.24) is 25.4 Å². The van der Waals surface area contributed by atoms with Crippen LogP contribution in [0.4, 0.5) is 0 Å². The lowest BCUT2D eigenvalue weighted by molar-refractivity contribution is 0.414. The third-order valence-corrected chi connectivity index (χ3v) is 5.20. The second kappa shape index (κ2) is 10.6. The number of hydrogen-bond donors (Lipinski definition) is 2. The lowest BCUT2D eigenvalue weighted by Gasteiger charge is -2.13. The first-order chi connectivity index (χ1) is 14.6. The van der Waals surface area contributed by atoms with Gasteiger partial charge in [0.05, 0.1) is 20.2 Å². The summed E-state index contributed by atoms with van der Waals surface area (Å²) < 4.78 is 7.17. The molecule has 0 aliphatic rings. The predicted octanol–water partition coefficient (Wildman–Crippen LogP) is 3.26. The maximum absolute atomic E-state index is 6.27. The Morgan fingerprint density at radius 1 is 1.10 bits per heavy atom. The number of aryl methyl sites for hydroxylation is 1. The van der Waals surface area contributed by atoms with E-state index in [1.807, 2.05) is 54.9 Å². The van der Waals surface area contributed by atoms with Crippen molar-refractivity contribution in [1.29, 1.82) is 0 Å². The van der Waals surface area contributed by atoms with E-state index in [2.05, 4.69) is 33.0 Å². The zero-order valence-corrected chi connectivity index (χ0v) is 18.3. The monoisotopic (exact) mass is 426 g/mol. The molecule has 0 atom stereocenters. The van der Waals surface area contributed by atoms with Crippen molar-refractivity contribution < 1.29 is 4.74 Å². The van der Waals surface area contributed by atoms with Crippen LogP contribution in [0.5, 0.6) is 5.75 Å². The molecule has 0 unspecified atom stereocenters. The molecule has 1 heterocycles. The highest BCUT2D eigenvalue weighted by Gasteiger charge is 2.07. The van der Waals surface area contributed by atoms with Crippen LogP contribution in [0.15, 0.2) is 53.5 Å². The quantitative estimate of drug-likeness (QED) is 0.427. The summed E-state index contributed by atoms with van der Waals surface area (Å²) >= 11 is 6.27. The van der Waals surface area contributed by atoms with Gasteiger partial charge in [-0.3, -0.25) is 0 Å². The number of methoxy groups -OCH3 is 1. The number of aromatic nitrogens is 3. The summed E-state index contributed by atoms with van der Waals surface area (Å²) in [7, 11) is 3.62. The third kappa shape index (κ3) is 5.97. The van der Waals surface area contributed by atoms with Crippen molar-refractivity contribution in [2.24, 2.45) is 12.0 Å². The Balaban J connectivity index is 1.63. The molecule has 7 nitrogen and oxygen atoms in total. The molecular formula is C22H27ClN6O. The van der Waals surface area contributed by atoms with Gasteiger partial charge in [-0.25, -0.2) is 4.99 Å². The van der Waals surface area contributed by atoms with E-state index in [-0.39, 0.29) is 0 Å². The number of aliphatic imine (C=N–C) groups is 1. The molecule has 3 rings (SSSR count). The van der Waals surface area contributed by atoms with Gasteiger partial charge >= 0.3 is 0 Å². The Kier molecular flexibility index (Phi) is 7.68. The maximum atomic E-state index is 6.27. The van der Waals surface area contributed by atoms with Crippen LogP contribution < -0.4 is 15.4 Å². The number of guanidine groups is 1. The molecule has 0 spiro atoms. The smallest absolute Gasteiger partial charge is 0.191 e. The first-order valence-electron chi connectivity index (χ1n) is 9.80. The molecule has 0 aliphatic heterocycles. The molecule has 0 amide bonds. The molecule has 8 heteroatoms. The number of nitrogens with one attached hydrogen (secondary N) is 2. The van der Waals surface area contributed by atoms with Crippen LogP contribution in [0.3, 0.4) is 0 Å². The van der Waals surface area contributed by atoms with Gasteiger partial charge in [-0.05, 0) is 42.7 Å². The number of ether oxygens (including phenoxy) is 1. The zero-order chi connectivity index (χ0) is 21.3. The fourth-order valence-electron chi connectivity index (χ4n) is 2.85. The Labute approximate surface area is 182 Å². The minimum atomic E-state index is 0.482. The average Bonchev–Trinajstić information content (AvgIpc) is 3.09. The number of halogens is 1. The molecule has 0 aliphatic carbocycles. The Hall–Kier alpha value is -3.06. The van der Waals surface area contributed by atoms with E-state index in [1.165, 1.54) is 5.56 Å². The summed E-state index contributed by atoms with van der Waals surface area (Å²) in [5, 5.41) is 15.7. The lowest BCUT2D eigenvalue weighted by atomic mass is 10.1. The number of rotatable bonds is 8. The van der Waals surface area contributed by atoms with Gasteiger partial charge in [0.15, 0.2) is 11.8 Å². The Bertz CT molecular complexity index is 984. The fraction of sp³-hybridized carbons (Fsp3) is 0.318. The Morgan fingerprint density at radius 2 is 1.87 bits per heavy atom. The highest BCUT2D eigenvalue weighted by atomic mass is 35.5. The van der Waals surface area contributed by atoms with E-state index in [1.54, 1.807) is 7.11 Å². The van der Waals surface area contributed by atoms with Crippen LogP contribution >= 0.6 is 11.6 Å². The van der Waals surface area contributed by atoms with Gasteiger partial charge in [-0.2, -0.15) is 0 Å². The maximum Gasteiger partial charge on any atom is 0.191 e. The minimum Gasteiger partial charge on any atom is -0.497 e. The minimum absolute atomic E-state index is 0.482. The molecule has 3 aromatic rings. The van der Waals surface area contributed by atoms with Crippen molar-refractivity contribution in [3.8, 4) is 5.75 Å². The van der Waals surface area contributed by atoms with E-state index in [0.717, 1.165) is 35.9 Å². The summed E-state index contributed by atoms with van der Waals surface area (Å²) in [6, 6.07) is 15.8. The van der Waals surface area contributed by atoms with Crippen molar-refractivity contribution in [3.05, 3.63) is 76.3 Å². The van der Waals surface area contributed by atoms with Crippen LogP contribution in [0.2, 0.25) is 5.02 Å². The van der Waals surface area contributed by atoms with Crippen molar-refractivity contribution >= 4 is 17.6 Å². The van der Waals surface area contributed by atoms with E-state index in [0.29, 0.717) is 24.1 Å². The lowest BCUT2D eigenvalue weighted by Crippen LogP contribution is -2.38. The fourth-order valence-corrected chi connectivity index (χ4v) is 3.05. The SMILES string of the molecule is COc1ccc(CCNC(=NCc2ccccc2Cl)NCc2nnc(C)n2C)cc1. The topological polar surface area (TPSA) is 76.4 Å². The second-order valence-corrected chi connectivity index (χ2v) is 7.26. The average molecular weight is 427 g/mol. The highest BCUT2D eigenvalue weighted by molar-refractivity contribution is 6.31. The molecule has 0 fully saturated rings. The Morgan fingerprint density at radius 3 is 2.53 bits per heavy atom. The highest BCUT2D eigenvalue weighted by Crippen LogP contribution is 2.15. The molecule has 158 valence electrons. The van der Waals surface area contributed by atoms with E-state index >= 15 is 0 Å². The third-order valence-electron chi connectivity index (χ3n) is 4.83. The molecule has 1 aromatic heterocycles. The van der Waals surface area contributed by atoms with Crippen LogP contribution in [0, 0.1) is 6.92 Å². The molecule has 0 saturated carbocycles. The van der Waals surface area contributed by atoms with Crippen LogP contribution in [0.1, 0.15) is 22.8 Å². The van der Waals surface area contributed by atoms with Crippen LogP contribution in [0.25, 0.3) is 0 Å². The molecule has 0 bridgehead atoms. The van der Waals surface area contributed by atoms with Crippen molar-refractivity contribution in [2.75, 3.05) is 13.7 Å². The molecule has 2 N–H and O–H groups in total. The number of nitrogens with zero attached hydrogens (tertiary/aromatic N) is 4. The van der Waals surface area contributed by atoms with Gasteiger partial charge in [0, 0.05) is 18.6 Å². The number of hydrogen-bond acceptors (Lipinski definition) is 4. The van der Waals surface area contributed by atoms with Gasteiger partial charge in [0.1, 0.15) is 11.6 Å². The van der Waals surface area contributed by atoms with Crippen molar-refractivity contribution in [3.63, 3.8) is 0 Å². The first-order valence-corrected chi connectivity index (χ1v) is 10.2. The van der Waals surface area contributed by atoms with Gasteiger partial charge in [0.25, 0.3) is 0 Å². The van der Waals surface area contributed by atoms with Crippen LogP contribution in [-0.2, 0) is 26.6 Å². The standard InChI is InChI=1S/C22H27ClN6O/c1-16-27-28-21(29(16)2)15-26-22(25-14-18-6-4-5-7-20(18)23)24-13-12-17-8-10-19(30-3)11-9-17/h4-11H,12-15H2,1-3H3,(H2,24,25,26). The molecule has 0 saturated heterocycles. The molecule has 30 heavy (non-hydrogen) atoms. The summed E-state index contributed by atoms with van der Waals surface area (Å²) in [5.41, 5.74) is 2.20. The predicted molar refractivity (Wildman–Crippen MR) is 120 cm³/mol. The van der Waals surface area contributed by atoms with E-state index < -0.39 is 0 Å². The van der Waals surface area contributed by atoms with Gasteiger partial charge < -0.3 is 19.9 Å². The number of benzene rings is 2. The summed E-state index contributed by atoms with van der Waals surface area (Å²) in [5.74, 6) is 3.27.